The maximum Gasteiger partial charge on any atom is 0.228 e. The van der Waals surface area contributed by atoms with Crippen LogP contribution in [-0.2, 0) is 9.59 Å². The molecule has 4 rings (SSSR count). The molecular formula is C28H36N2O6. The van der Waals surface area contributed by atoms with Gasteiger partial charge in [0.15, 0.2) is 11.5 Å². The molecule has 0 aromatic heterocycles. The topological polar surface area (TPSA) is 77.5 Å². The zero-order valence-electron chi connectivity index (χ0n) is 21.8. The minimum atomic E-state index is -0.480. The molecule has 2 fully saturated rings. The second-order valence-corrected chi connectivity index (χ2v) is 9.52. The van der Waals surface area contributed by atoms with Crippen LogP contribution in [0.15, 0.2) is 36.4 Å². The standard InChI is InChI=1S/C28H36N2O6/c1-18-12-14-29(15-13-18)28(32)22-10-11-25(31)30(26(22)19-6-8-21(33-2)9-7-19)20-16-23(34-3)27(36-5)24(17-20)35-4/h6-9,16-18,22,26H,10-15H2,1-5H3/t22-,26-/m0/s1. The molecule has 0 bridgehead atoms. The molecule has 2 heterocycles. The number of ether oxygens (including phenoxy) is 4. The SMILES string of the molecule is COc1ccc([C@H]2[C@@H](C(=O)N3CCC(C)CC3)CCC(=O)N2c2cc(OC)c(OC)c(OC)c2)cc1. The third kappa shape index (κ3) is 4.94. The van der Waals surface area contributed by atoms with Crippen LogP contribution in [0.5, 0.6) is 23.0 Å². The van der Waals surface area contributed by atoms with E-state index in [1.54, 1.807) is 45.5 Å². The van der Waals surface area contributed by atoms with E-state index in [0.29, 0.717) is 41.0 Å². The van der Waals surface area contributed by atoms with Crippen molar-refractivity contribution in [1.29, 1.82) is 0 Å². The van der Waals surface area contributed by atoms with E-state index in [0.717, 1.165) is 31.5 Å². The lowest BCUT2D eigenvalue weighted by molar-refractivity contribution is -0.139. The third-order valence-electron chi connectivity index (χ3n) is 7.39. The second kappa shape index (κ2) is 11.1. The van der Waals surface area contributed by atoms with Gasteiger partial charge in [-0.25, -0.2) is 0 Å². The Labute approximate surface area is 213 Å². The van der Waals surface area contributed by atoms with Gasteiger partial charge in [-0.15, -0.1) is 0 Å². The minimum absolute atomic E-state index is 0.0543. The van der Waals surface area contributed by atoms with E-state index in [-0.39, 0.29) is 24.2 Å². The van der Waals surface area contributed by atoms with E-state index in [4.69, 9.17) is 18.9 Å². The average Bonchev–Trinajstić information content (AvgIpc) is 2.92. The summed E-state index contributed by atoms with van der Waals surface area (Å²) >= 11 is 0. The minimum Gasteiger partial charge on any atom is -0.497 e. The monoisotopic (exact) mass is 496 g/mol. The smallest absolute Gasteiger partial charge is 0.228 e. The number of carbonyl (C=O) groups excluding carboxylic acids is 2. The Morgan fingerprint density at radius 3 is 2.00 bits per heavy atom. The van der Waals surface area contributed by atoms with E-state index in [1.165, 1.54) is 0 Å². The fourth-order valence-corrected chi connectivity index (χ4v) is 5.31. The first-order chi connectivity index (χ1) is 17.4. The Morgan fingerprint density at radius 1 is 0.861 bits per heavy atom. The quantitative estimate of drug-likeness (QED) is 0.563. The number of hydrogen-bond acceptors (Lipinski definition) is 6. The van der Waals surface area contributed by atoms with Gasteiger partial charge in [0.05, 0.1) is 46.1 Å². The summed E-state index contributed by atoms with van der Waals surface area (Å²) in [5, 5.41) is 0. The van der Waals surface area contributed by atoms with Crippen molar-refractivity contribution in [2.45, 2.75) is 38.6 Å². The number of rotatable bonds is 7. The van der Waals surface area contributed by atoms with E-state index in [2.05, 4.69) is 6.92 Å². The van der Waals surface area contributed by atoms with Crippen molar-refractivity contribution in [2.75, 3.05) is 46.4 Å². The summed E-state index contributed by atoms with van der Waals surface area (Å²) in [6, 6.07) is 10.7. The molecule has 2 amide bonds. The molecule has 2 aromatic carbocycles. The van der Waals surface area contributed by atoms with Gasteiger partial charge in [0, 0.05) is 31.6 Å². The molecule has 194 valence electrons. The largest absolute Gasteiger partial charge is 0.497 e. The predicted octanol–water partition coefficient (Wildman–Crippen LogP) is 4.46. The van der Waals surface area contributed by atoms with Crippen LogP contribution in [0.2, 0.25) is 0 Å². The maximum atomic E-state index is 13.9. The van der Waals surface area contributed by atoms with Crippen molar-refractivity contribution < 1.29 is 28.5 Å². The Kier molecular flexibility index (Phi) is 7.91. The van der Waals surface area contributed by atoms with Gasteiger partial charge in [0.25, 0.3) is 0 Å². The molecule has 8 nitrogen and oxygen atoms in total. The van der Waals surface area contributed by atoms with Gasteiger partial charge in [-0.1, -0.05) is 19.1 Å². The number of benzene rings is 2. The van der Waals surface area contributed by atoms with Gasteiger partial charge in [0.1, 0.15) is 5.75 Å². The summed E-state index contributed by atoms with van der Waals surface area (Å²) in [6.45, 7) is 3.74. The maximum absolute atomic E-state index is 13.9. The number of anilines is 1. The molecule has 2 aliphatic rings. The number of amides is 2. The third-order valence-corrected chi connectivity index (χ3v) is 7.39. The van der Waals surface area contributed by atoms with Crippen LogP contribution in [0.3, 0.4) is 0 Å². The number of carbonyl (C=O) groups is 2. The van der Waals surface area contributed by atoms with Crippen molar-refractivity contribution in [3.05, 3.63) is 42.0 Å². The molecule has 2 aliphatic heterocycles. The van der Waals surface area contributed by atoms with Gasteiger partial charge in [-0.3, -0.25) is 9.59 Å². The predicted molar refractivity (Wildman–Crippen MR) is 137 cm³/mol. The lowest BCUT2D eigenvalue weighted by atomic mass is 9.82. The first-order valence-corrected chi connectivity index (χ1v) is 12.5. The van der Waals surface area contributed by atoms with Crippen LogP contribution >= 0.6 is 0 Å². The molecule has 2 atom stereocenters. The number of piperidine rings is 2. The lowest BCUT2D eigenvalue weighted by Crippen LogP contribution is -2.50. The molecule has 0 spiro atoms. The molecule has 36 heavy (non-hydrogen) atoms. The Bertz CT molecular complexity index is 1050. The highest BCUT2D eigenvalue weighted by atomic mass is 16.5. The normalized spacial score (nSPS) is 20.8. The summed E-state index contributed by atoms with van der Waals surface area (Å²) in [4.78, 5) is 31.1. The Balaban J connectivity index is 1.81. The van der Waals surface area contributed by atoms with Crippen LogP contribution in [0, 0.1) is 11.8 Å². The van der Waals surface area contributed by atoms with E-state index < -0.39 is 6.04 Å². The number of nitrogens with zero attached hydrogens (tertiary/aromatic N) is 2. The van der Waals surface area contributed by atoms with Crippen molar-refractivity contribution >= 4 is 17.5 Å². The average molecular weight is 497 g/mol. The van der Waals surface area contributed by atoms with Crippen molar-refractivity contribution in [3.8, 4) is 23.0 Å². The molecular weight excluding hydrogens is 460 g/mol. The zero-order valence-corrected chi connectivity index (χ0v) is 21.8. The fraction of sp³-hybridized carbons (Fsp3) is 0.500. The van der Waals surface area contributed by atoms with Gasteiger partial charge in [-0.2, -0.15) is 0 Å². The van der Waals surface area contributed by atoms with Crippen molar-refractivity contribution in [2.24, 2.45) is 11.8 Å². The fourth-order valence-electron chi connectivity index (χ4n) is 5.31. The van der Waals surface area contributed by atoms with Crippen LogP contribution in [-0.4, -0.2) is 58.2 Å². The summed E-state index contributed by atoms with van der Waals surface area (Å²) < 4.78 is 22.0. The molecule has 8 heteroatoms. The first-order valence-electron chi connectivity index (χ1n) is 12.5. The zero-order chi connectivity index (χ0) is 25.8. The summed E-state index contributed by atoms with van der Waals surface area (Å²) in [5.74, 6) is 2.36. The highest BCUT2D eigenvalue weighted by Crippen LogP contribution is 2.46. The van der Waals surface area contributed by atoms with E-state index in [1.807, 2.05) is 29.2 Å². The summed E-state index contributed by atoms with van der Waals surface area (Å²) in [5.41, 5.74) is 1.47. The Hall–Kier alpha value is -3.42. The molecule has 0 unspecified atom stereocenters. The first kappa shape index (κ1) is 25.7. The summed E-state index contributed by atoms with van der Waals surface area (Å²) in [6.07, 6.45) is 2.79. The van der Waals surface area contributed by atoms with Crippen molar-refractivity contribution in [1.82, 2.24) is 4.90 Å². The van der Waals surface area contributed by atoms with Gasteiger partial charge < -0.3 is 28.7 Å². The lowest BCUT2D eigenvalue weighted by Gasteiger charge is -2.43. The number of likely N-dealkylation sites (tertiary alicyclic amines) is 1. The Morgan fingerprint density at radius 2 is 1.47 bits per heavy atom. The molecule has 0 radical (unpaired) electrons. The van der Waals surface area contributed by atoms with Gasteiger partial charge in [0.2, 0.25) is 17.6 Å². The molecule has 2 saturated heterocycles. The van der Waals surface area contributed by atoms with Crippen molar-refractivity contribution in [3.63, 3.8) is 0 Å². The van der Waals surface area contributed by atoms with Crippen LogP contribution in [0.25, 0.3) is 0 Å². The second-order valence-electron chi connectivity index (χ2n) is 9.52. The molecule has 0 aliphatic carbocycles. The van der Waals surface area contributed by atoms with Crippen LogP contribution in [0.4, 0.5) is 5.69 Å². The van der Waals surface area contributed by atoms with Crippen LogP contribution < -0.4 is 23.8 Å². The summed E-state index contributed by atoms with van der Waals surface area (Å²) in [7, 11) is 6.25. The van der Waals surface area contributed by atoms with E-state index in [9.17, 15) is 9.59 Å². The van der Waals surface area contributed by atoms with Gasteiger partial charge >= 0.3 is 0 Å². The highest BCUT2D eigenvalue weighted by molar-refractivity contribution is 5.98. The highest BCUT2D eigenvalue weighted by Gasteiger charge is 2.43. The number of hydrogen-bond donors (Lipinski definition) is 0. The number of methoxy groups -OCH3 is 4. The molecule has 2 aromatic rings. The molecule has 0 N–H and O–H groups in total. The van der Waals surface area contributed by atoms with Crippen LogP contribution in [0.1, 0.15) is 44.2 Å². The molecule has 0 saturated carbocycles. The van der Waals surface area contributed by atoms with E-state index >= 15 is 0 Å². The van der Waals surface area contributed by atoms with Gasteiger partial charge in [-0.05, 0) is 42.9 Å².